The molecule has 2 aromatic rings. The molecule has 1 aromatic heterocycles. The molecule has 1 aliphatic heterocycles. The van der Waals surface area contributed by atoms with Crippen LogP contribution >= 0.6 is 0 Å². The normalized spacial score (nSPS) is 15.5. The van der Waals surface area contributed by atoms with Gasteiger partial charge in [0, 0.05) is 48.9 Å². The lowest BCUT2D eigenvalue weighted by Crippen LogP contribution is -2.31. The molecular formula is C25H30N4O3. The fourth-order valence-electron chi connectivity index (χ4n) is 3.84. The van der Waals surface area contributed by atoms with Crippen molar-refractivity contribution in [2.75, 3.05) is 20.6 Å². The van der Waals surface area contributed by atoms with Crippen LogP contribution in [0.4, 0.5) is 4.79 Å². The number of rotatable bonds is 5. The highest BCUT2D eigenvalue weighted by Gasteiger charge is 2.31. The van der Waals surface area contributed by atoms with Crippen LogP contribution in [0.2, 0.25) is 0 Å². The van der Waals surface area contributed by atoms with Crippen molar-refractivity contribution in [3.63, 3.8) is 0 Å². The molecule has 0 bridgehead atoms. The molecule has 0 radical (unpaired) electrons. The lowest BCUT2D eigenvalue weighted by Gasteiger charge is -2.24. The molecule has 4 rings (SSSR count). The van der Waals surface area contributed by atoms with Gasteiger partial charge in [0.05, 0.1) is 6.54 Å². The van der Waals surface area contributed by atoms with Crippen molar-refractivity contribution >= 4 is 17.7 Å². The van der Waals surface area contributed by atoms with Crippen LogP contribution in [0.25, 0.3) is 0 Å². The van der Waals surface area contributed by atoms with Gasteiger partial charge in [0.2, 0.25) is 0 Å². The Bertz CT molecular complexity index is 1100. The first-order valence-corrected chi connectivity index (χ1v) is 10.9. The molecule has 0 spiro atoms. The molecule has 168 valence electrons. The van der Waals surface area contributed by atoms with Gasteiger partial charge in [-0.15, -0.1) is 0 Å². The van der Waals surface area contributed by atoms with Gasteiger partial charge in [0.1, 0.15) is 17.3 Å². The van der Waals surface area contributed by atoms with E-state index in [2.05, 4.69) is 6.07 Å². The minimum atomic E-state index is -0.462. The summed E-state index contributed by atoms with van der Waals surface area (Å²) in [6, 6.07) is 9.27. The summed E-state index contributed by atoms with van der Waals surface area (Å²) in [5.41, 5.74) is 3.75. The number of carbonyl (C=O) groups is 2. The summed E-state index contributed by atoms with van der Waals surface area (Å²) < 4.78 is 5.52. The third-order valence-electron chi connectivity index (χ3n) is 5.90. The molecule has 0 saturated heterocycles. The Morgan fingerprint density at radius 3 is 2.53 bits per heavy atom. The molecule has 1 aliphatic carbocycles. The van der Waals surface area contributed by atoms with Crippen LogP contribution in [0.3, 0.4) is 0 Å². The monoisotopic (exact) mass is 434 g/mol. The maximum absolute atomic E-state index is 13.1. The number of amidine groups is 1. The minimum Gasteiger partial charge on any atom is -0.410 e. The summed E-state index contributed by atoms with van der Waals surface area (Å²) in [6.45, 7) is 6.66. The number of hydrogen-bond acceptors (Lipinski definition) is 5. The van der Waals surface area contributed by atoms with Gasteiger partial charge in [-0.3, -0.25) is 10.2 Å². The average molecular weight is 435 g/mol. The molecule has 1 fully saturated rings. The minimum absolute atomic E-state index is 0.0824. The fourth-order valence-corrected chi connectivity index (χ4v) is 3.84. The largest absolute Gasteiger partial charge is 0.414 e. The Morgan fingerprint density at radius 1 is 1.19 bits per heavy atom. The number of nitrogens with zero attached hydrogens (tertiary/aromatic N) is 3. The molecular weight excluding hydrogens is 404 g/mol. The van der Waals surface area contributed by atoms with Crippen molar-refractivity contribution in [2.45, 2.75) is 51.5 Å². The fraction of sp³-hybridized carbons (Fsp3) is 0.440. The molecule has 7 heteroatoms. The number of ether oxygens (including phenoxy) is 1. The second kappa shape index (κ2) is 8.04. The van der Waals surface area contributed by atoms with Gasteiger partial charge >= 0.3 is 6.09 Å². The Labute approximate surface area is 188 Å². The number of carbonyl (C=O) groups excluding carboxylic acids is 2. The van der Waals surface area contributed by atoms with Gasteiger partial charge in [0.25, 0.3) is 0 Å². The molecule has 2 aliphatic rings. The number of nitrogens with one attached hydrogen (secondary N) is 1. The Hall–Kier alpha value is -3.22. The third kappa shape index (κ3) is 4.38. The highest BCUT2D eigenvalue weighted by atomic mass is 16.6. The van der Waals surface area contributed by atoms with Gasteiger partial charge in [-0.25, -0.2) is 9.78 Å². The summed E-state index contributed by atoms with van der Waals surface area (Å²) >= 11 is 0. The number of pyridine rings is 1. The highest BCUT2D eigenvalue weighted by Crippen LogP contribution is 2.40. The van der Waals surface area contributed by atoms with Gasteiger partial charge in [-0.1, -0.05) is 26.8 Å². The Morgan fingerprint density at radius 2 is 1.91 bits per heavy atom. The van der Waals surface area contributed by atoms with Crippen molar-refractivity contribution in [3.05, 3.63) is 58.4 Å². The third-order valence-corrected chi connectivity index (χ3v) is 5.90. The van der Waals surface area contributed by atoms with Crippen LogP contribution in [-0.4, -0.2) is 53.1 Å². The first kappa shape index (κ1) is 22.0. The topological polar surface area (TPSA) is 86.6 Å². The summed E-state index contributed by atoms with van der Waals surface area (Å²) in [5, 5.41) is 8.54. The van der Waals surface area contributed by atoms with Gasteiger partial charge < -0.3 is 14.5 Å². The quantitative estimate of drug-likeness (QED) is 0.708. The maximum Gasteiger partial charge on any atom is 0.414 e. The van der Waals surface area contributed by atoms with Gasteiger partial charge in [-0.05, 0) is 42.5 Å². The number of benzene rings is 1. The maximum atomic E-state index is 13.1. The molecule has 0 atom stereocenters. The van der Waals surface area contributed by atoms with Crippen molar-refractivity contribution in [2.24, 2.45) is 0 Å². The van der Waals surface area contributed by atoms with Gasteiger partial charge in [-0.2, -0.15) is 0 Å². The van der Waals surface area contributed by atoms with Crippen LogP contribution in [-0.2, 0) is 12.0 Å². The number of hydrogen-bond donors (Lipinski definition) is 1. The molecule has 1 amide bonds. The van der Waals surface area contributed by atoms with E-state index in [1.807, 2.05) is 26.8 Å². The van der Waals surface area contributed by atoms with E-state index >= 15 is 0 Å². The first-order valence-electron chi connectivity index (χ1n) is 10.9. The number of ketones is 1. The molecule has 32 heavy (non-hydrogen) atoms. The van der Waals surface area contributed by atoms with Crippen molar-refractivity contribution in [1.29, 1.82) is 5.41 Å². The van der Waals surface area contributed by atoms with Crippen molar-refractivity contribution < 1.29 is 14.3 Å². The number of Topliss-reactive ketones (excluding diaryl/α,β-unsaturated/α-hetero) is 1. The molecule has 7 nitrogen and oxygen atoms in total. The smallest absolute Gasteiger partial charge is 0.410 e. The van der Waals surface area contributed by atoms with Crippen LogP contribution in [0.15, 0.2) is 30.3 Å². The predicted molar refractivity (Wildman–Crippen MR) is 123 cm³/mol. The van der Waals surface area contributed by atoms with E-state index in [9.17, 15) is 9.59 Å². The van der Waals surface area contributed by atoms with E-state index in [-0.39, 0.29) is 17.7 Å². The Balaban J connectivity index is 1.53. The summed E-state index contributed by atoms with van der Waals surface area (Å²) in [6.07, 6.45) is 1.87. The number of fused-ring (bicyclic) bond motifs is 1. The van der Waals surface area contributed by atoms with Crippen molar-refractivity contribution in [3.8, 4) is 5.75 Å². The summed E-state index contributed by atoms with van der Waals surface area (Å²) in [5.74, 6) is 1.20. The summed E-state index contributed by atoms with van der Waals surface area (Å²) in [4.78, 5) is 33.0. The first-order chi connectivity index (χ1) is 15.0. The molecule has 1 saturated carbocycles. The van der Waals surface area contributed by atoms with E-state index in [0.717, 1.165) is 29.7 Å². The second-order valence-corrected chi connectivity index (χ2v) is 9.87. The molecule has 2 heterocycles. The van der Waals surface area contributed by atoms with E-state index in [1.54, 1.807) is 37.2 Å². The molecule has 1 aromatic carbocycles. The van der Waals surface area contributed by atoms with Crippen LogP contribution in [0, 0.1) is 5.41 Å². The zero-order valence-electron chi connectivity index (χ0n) is 19.4. The average Bonchev–Trinajstić information content (AvgIpc) is 3.53. The zero-order valence-corrected chi connectivity index (χ0v) is 19.4. The number of aromatic nitrogens is 1. The highest BCUT2D eigenvalue weighted by molar-refractivity contribution is 6.04. The summed E-state index contributed by atoms with van der Waals surface area (Å²) in [7, 11) is 3.25. The van der Waals surface area contributed by atoms with Gasteiger partial charge in [0.15, 0.2) is 5.78 Å². The standard InChI is InChI=1S/C25H30N4O3/c1-25(2,3)18-12-16(9-11-21(18)32-24(31)28(4)5)20(30)14-29-13-17-8-10-19(15-6-7-15)27-22(17)23(29)26/h8-12,15,26H,6-7,13-14H2,1-5H3. The zero-order chi connectivity index (χ0) is 23.2. The van der Waals surface area contributed by atoms with E-state index in [4.69, 9.17) is 15.1 Å². The Kier molecular flexibility index (Phi) is 5.53. The van der Waals surface area contributed by atoms with Crippen LogP contribution in [0.1, 0.15) is 72.4 Å². The SMILES string of the molecule is CN(C)C(=O)Oc1ccc(C(=O)CN2Cc3ccc(C4CC4)nc3C2=N)cc1C(C)(C)C. The van der Waals surface area contributed by atoms with Crippen molar-refractivity contribution in [1.82, 2.24) is 14.8 Å². The lowest BCUT2D eigenvalue weighted by molar-refractivity contribution is 0.0962. The van der Waals surface area contributed by atoms with Crippen LogP contribution < -0.4 is 4.74 Å². The molecule has 0 unspecified atom stereocenters. The number of amides is 1. The van der Waals surface area contributed by atoms with E-state index in [1.165, 1.54) is 4.90 Å². The second-order valence-electron chi connectivity index (χ2n) is 9.87. The predicted octanol–water partition coefficient (Wildman–Crippen LogP) is 4.34. The molecule has 1 N–H and O–H groups in total. The lowest BCUT2D eigenvalue weighted by atomic mass is 9.85. The van der Waals surface area contributed by atoms with Crippen LogP contribution in [0.5, 0.6) is 5.75 Å². The van der Waals surface area contributed by atoms with E-state index in [0.29, 0.717) is 35.3 Å². The van der Waals surface area contributed by atoms with E-state index < -0.39 is 6.09 Å².